The minimum Gasteiger partial charge on any atom is -0.207 e. The van der Waals surface area contributed by atoms with Gasteiger partial charge in [-0.15, -0.1) is 11.6 Å². The van der Waals surface area contributed by atoms with E-state index in [2.05, 4.69) is 0 Å². The topological polar surface area (TPSA) is 0 Å². The molecular formula is C8H7ClF2. The van der Waals surface area contributed by atoms with Crippen LogP contribution in [0, 0.1) is 11.6 Å². The molecule has 0 nitrogen and oxygen atoms in total. The van der Waals surface area contributed by atoms with E-state index in [-0.39, 0.29) is 0 Å². The summed E-state index contributed by atoms with van der Waals surface area (Å²) in [4.78, 5) is 0. The molecule has 0 aliphatic rings. The fourth-order valence-corrected chi connectivity index (χ4v) is 1.04. The van der Waals surface area contributed by atoms with Crippen LogP contribution in [0.5, 0.6) is 0 Å². The first kappa shape index (κ1) is 8.47. The highest BCUT2D eigenvalue weighted by molar-refractivity contribution is 6.17. The Balaban J connectivity index is 2.93. The first-order chi connectivity index (χ1) is 5.24. The number of hydrogen-bond acceptors (Lipinski definition) is 0. The Morgan fingerprint density at radius 1 is 1.27 bits per heavy atom. The maximum Gasteiger partial charge on any atom is 0.126 e. The van der Waals surface area contributed by atoms with E-state index in [1.54, 1.807) is 0 Å². The predicted molar refractivity (Wildman–Crippen MR) is 40.8 cm³/mol. The molecule has 60 valence electrons. The summed E-state index contributed by atoms with van der Waals surface area (Å²) < 4.78 is 25.2. The van der Waals surface area contributed by atoms with Gasteiger partial charge in [0.2, 0.25) is 0 Å². The van der Waals surface area contributed by atoms with Crippen LogP contribution in [0.1, 0.15) is 5.56 Å². The molecule has 0 saturated carbocycles. The van der Waals surface area contributed by atoms with Crippen LogP contribution in [0.15, 0.2) is 18.2 Å². The molecule has 0 unspecified atom stereocenters. The molecule has 0 aliphatic heterocycles. The molecule has 0 N–H and O–H groups in total. The summed E-state index contributed by atoms with van der Waals surface area (Å²) in [6.07, 6.45) is 0.366. The van der Waals surface area contributed by atoms with Crippen molar-refractivity contribution in [3.05, 3.63) is 35.4 Å². The maximum atomic E-state index is 12.7. The normalized spacial score (nSPS) is 10.1. The summed E-state index contributed by atoms with van der Waals surface area (Å²) in [6, 6.07) is 3.36. The highest BCUT2D eigenvalue weighted by Gasteiger charge is 2.01. The van der Waals surface area contributed by atoms with Gasteiger partial charge in [0.15, 0.2) is 0 Å². The number of alkyl halides is 1. The zero-order valence-corrected chi connectivity index (χ0v) is 6.54. The Kier molecular flexibility index (Phi) is 2.83. The fraction of sp³-hybridized carbons (Fsp3) is 0.250. The van der Waals surface area contributed by atoms with Crippen molar-refractivity contribution in [1.82, 2.24) is 0 Å². The van der Waals surface area contributed by atoms with Gasteiger partial charge in [-0.25, -0.2) is 8.78 Å². The molecule has 0 aliphatic carbocycles. The molecule has 1 aromatic rings. The molecule has 0 bridgehead atoms. The molecule has 3 heteroatoms. The van der Waals surface area contributed by atoms with E-state index in [4.69, 9.17) is 11.6 Å². The first-order valence-electron chi connectivity index (χ1n) is 3.24. The number of aryl methyl sites for hydroxylation is 1. The molecule has 1 rings (SSSR count). The third-order valence-electron chi connectivity index (χ3n) is 1.37. The van der Waals surface area contributed by atoms with Gasteiger partial charge in [0.05, 0.1) is 0 Å². The van der Waals surface area contributed by atoms with Crippen LogP contribution in [0.2, 0.25) is 0 Å². The van der Waals surface area contributed by atoms with Gasteiger partial charge in [-0.05, 0) is 30.2 Å². The highest BCUT2D eigenvalue weighted by atomic mass is 35.5. The molecule has 0 heterocycles. The predicted octanol–water partition coefficient (Wildman–Crippen LogP) is 2.75. The number of halogens is 3. The number of rotatable bonds is 2. The minimum atomic E-state index is -0.425. The second-order valence-electron chi connectivity index (χ2n) is 2.17. The zero-order valence-electron chi connectivity index (χ0n) is 5.78. The SMILES string of the molecule is Fc1ccc(F)c(CCCl)c1. The van der Waals surface area contributed by atoms with Crippen molar-refractivity contribution in [2.75, 3.05) is 5.88 Å². The Morgan fingerprint density at radius 2 is 2.00 bits per heavy atom. The van der Waals surface area contributed by atoms with Crippen LogP contribution in [-0.2, 0) is 6.42 Å². The third-order valence-corrected chi connectivity index (χ3v) is 1.56. The molecule has 0 atom stereocenters. The quantitative estimate of drug-likeness (QED) is 0.608. The monoisotopic (exact) mass is 176 g/mol. The molecule has 11 heavy (non-hydrogen) atoms. The lowest BCUT2D eigenvalue weighted by Crippen LogP contribution is -1.92. The summed E-state index contributed by atoms with van der Waals surface area (Å²) in [5, 5.41) is 0. The van der Waals surface area contributed by atoms with Gasteiger partial charge >= 0.3 is 0 Å². The number of hydrogen-bond donors (Lipinski definition) is 0. The summed E-state index contributed by atoms with van der Waals surface area (Å²) in [7, 11) is 0. The van der Waals surface area contributed by atoms with Crippen molar-refractivity contribution in [3.63, 3.8) is 0 Å². The van der Waals surface area contributed by atoms with Crippen LogP contribution >= 0.6 is 11.6 Å². The molecule has 0 radical (unpaired) electrons. The highest BCUT2D eigenvalue weighted by Crippen LogP contribution is 2.10. The molecule has 0 saturated heterocycles. The van der Waals surface area contributed by atoms with E-state index < -0.39 is 11.6 Å². The number of benzene rings is 1. The second-order valence-corrected chi connectivity index (χ2v) is 2.55. The van der Waals surface area contributed by atoms with E-state index in [9.17, 15) is 8.78 Å². The van der Waals surface area contributed by atoms with Crippen LogP contribution in [0.4, 0.5) is 8.78 Å². The van der Waals surface area contributed by atoms with Gasteiger partial charge in [-0.1, -0.05) is 0 Å². The average Bonchev–Trinajstić information content (AvgIpc) is 1.98. The maximum absolute atomic E-state index is 12.7. The van der Waals surface area contributed by atoms with E-state index in [1.807, 2.05) is 0 Å². The van der Waals surface area contributed by atoms with E-state index in [0.717, 1.165) is 18.2 Å². The largest absolute Gasteiger partial charge is 0.207 e. The Morgan fingerprint density at radius 3 is 2.64 bits per heavy atom. The Bertz CT molecular complexity index is 248. The second kappa shape index (κ2) is 3.67. The molecule has 0 fully saturated rings. The molecular weight excluding hydrogens is 170 g/mol. The van der Waals surface area contributed by atoms with Crippen LogP contribution < -0.4 is 0 Å². The van der Waals surface area contributed by atoms with Crippen molar-refractivity contribution < 1.29 is 8.78 Å². The summed E-state index contributed by atoms with van der Waals surface area (Å²) >= 11 is 5.37. The van der Waals surface area contributed by atoms with E-state index >= 15 is 0 Å². The fourth-order valence-electron chi connectivity index (χ4n) is 0.837. The molecule has 1 aromatic carbocycles. The average molecular weight is 177 g/mol. The van der Waals surface area contributed by atoms with Gasteiger partial charge in [0, 0.05) is 5.88 Å². The van der Waals surface area contributed by atoms with Crippen molar-refractivity contribution in [1.29, 1.82) is 0 Å². The van der Waals surface area contributed by atoms with Crippen LogP contribution in [0.25, 0.3) is 0 Å². The van der Waals surface area contributed by atoms with Crippen LogP contribution in [0.3, 0.4) is 0 Å². The smallest absolute Gasteiger partial charge is 0.126 e. The van der Waals surface area contributed by atoms with Gasteiger partial charge < -0.3 is 0 Å². The lowest BCUT2D eigenvalue weighted by molar-refractivity contribution is 0.587. The summed E-state index contributed by atoms with van der Waals surface area (Å²) in [5.74, 6) is -0.515. The molecule has 0 spiro atoms. The van der Waals surface area contributed by atoms with Crippen molar-refractivity contribution in [2.45, 2.75) is 6.42 Å². The van der Waals surface area contributed by atoms with E-state index in [0.29, 0.717) is 17.9 Å². The lowest BCUT2D eigenvalue weighted by atomic mass is 10.1. The van der Waals surface area contributed by atoms with Crippen molar-refractivity contribution in [3.8, 4) is 0 Å². The Hall–Kier alpha value is -0.630. The standard InChI is InChI=1S/C8H7ClF2/c9-4-3-6-5-7(10)1-2-8(6)11/h1-2,5H,3-4H2. The van der Waals surface area contributed by atoms with Gasteiger partial charge in [0.25, 0.3) is 0 Å². The first-order valence-corrected chi connectivity index (χ1v) is 3.77. The van der Waals surface area contributed by atoms with Gasteiger partial charge in [-0.3, -0.25) is 0 Å². The summed E-state index contributed by atoms with van der Waals surface area (Å²) in [6.45, 7) is 0. The zero-order chi connectivity index (χ0) is 8.27. The Labute approximate surface area is 68.8 Å². The summed E-state index contributed by atoms with van der Waals surface area (Å²) in [5.41, 5.74) is 0.333. The van der Waals surface area contributed by atoms with Gasteiger partial charge in [0.1, 0.15) is 11.6 Å². The van der Waals surface area contributed by atoms with Gasteiger partial charge in [-0.2, -0.15) is 0 Å². The van der Waals surface area contributed by atoms with E-state index in [1.165, 1.54) is 0 Å². The lowest BCUT2D eigenvalue weighted by Gasteiger charge is -1.98. The van der Waals surface area contributed by atoms with Crippen molar-refractivity contribution in [2.24, 2.45) is 0 Å². The van der Waals surface area contributed by atoms with Crippen LogP contribution in [-0.4, -0.2) is 5.88 Å². The third kappa shape index (κ3) is 2.15. The van der Waals surface area contributed by atoms with Crippen molar-refractivity contribution >= 4 is 11.6 Å². The minimum absolute atomic E-state index is 0.306. The molecule has 0 amide bonds. The molecule has 0 aromatic heterocycles.